The highest BCUT2D eigenvalue weighted by atomic mass is 35.5. The number of amides is 3. The number of ketones is 1. The maximum absolute atomic E-state index is 12.3. The summed E-state index contributed by atoms with van der Waals surface area (Å²) in [5.74, 6) is -0.167. The molecule has 26 heavy (non-hydrogen) atoms. The Balaban J connectivity index is 1.90. The topological polar surface area (TPSA) is 93.7 Å². The summed E-state index contributed by atoms with van der Waals surface area (Å²) in [6.45, 7) is 0.273. The van der Waals surface area contributed by atoms with Crippen LogP contribution in [-0.4, -0.2) is 38.2 Å². The third-order valence-corrected chi connectivity index (χ3v) is 3.50. The first-order valence-electron chi connectivity index (χ1n) is 7.63. The summed E-state index contributed by atoms with van der Waals surface area (Å²) >= 11 is 5.81. The largest absolute Gasteiger partial charge is 0.447 e. The Morgan fingerprint density at radius 1 is 0.923 bits per heavy atom. The number of hydrogen-bond donors (Lipinski definition) is 2. The minimum atomic E-state index is -0.880. The molecule has 0 aliphatic rings. The second-order valence-electron chi connectivity index (χ2n) is 5.12. The summed E-state index contributed by atoms with van der Waals surface area (Å²) in [6, 6.07) is 12.1. The number of alkyl carbamates (subject to hydrolysis) is 1. The summed E-state index contributed by atoms with van der Waals surface area (Å²) in [5.41, 5.74) is 1.38. The van der Waals surface area contributed by atoms with Crippen LogP contribution in [0, 0.1) is 0 Å². The quantitative estimate of drug-likeness (QED) is 0.594. The molecule has 7 nitrogen and oxygen atoms in total. The van der Waals surface area contributed by atoms with Crippen LogP contribution in [0.15, 0.2) is 48.5 Å². The SMILES string of the molecule is COCCOC(=O)NC(=O)Nc1ccc(C(=O)c2ccc(Cl)cc2)cc1. The number of benzene rings is 2. The molecule has 0 unspecified atom stereocenters. The minimum absolute atomic E-state index is 0.0388. The smallest absolute Gasteiger partial charge is 0.415 e. The standard InChI is InChI=1S/C18H17ClN2O5/c1-25-10-11-26-18(24)21-17(23)20-15-8-4-13(5-9-15)16(22)12-2-6-14(19)7-3-12/h2-9H,10-11H2,1H3,(H2,20,21,23,24). The van der Waals surface area contributed by atoms with Crippen LogP contribution in [-0.2, 0) is 9.47 Å². The van der Waals surface area contributed by atoms with Crippen LogP contribution >= 0.6 is 11.6 Å². The number of carbonyl (C=O) groups is 3. The zero-order chi connectivity index (χ0) is 18.9. The van der Waals surface area contributed by atoms with Crippen LogP contribution in [0.5, 0.6) is 0 Å². The van der Waals surface area contributed by atoms with Crippen molar-refractivity contribution in [2.24, 2.45) is 0 Å². The summed E-state index contributed by atoms with van der Waals surface area (Å²) in [7, 11) is 1.47. The molecule has 0 atom stereocenters. The van der Waals surface area contributed by atoms with Crippen LogP contribution in [0.3, 0.4) is 0 Å². The molecule has 0 saturated carbocycles. The average molecular weight is 377 g/mol. The molecule has 0 aliphatic carbocycles. The van der Waals surface area contributed by atoms with Gasteiger partial charge in [0.2, 0.25) is 0 Å². The molecule has 0 radical (unpaired) electrons. The molecule has 0 heterocycles. The van der Waals surface area contributed by atoms with Crippen molar-refractivity contribution in [1.82, 2.24) is 5.32 Å². The lowest BCUT2D eigenvalue weighted by Gasteiger charge is -2.08. The normalized spacial score (nSPS) is 10.1. The van der Waals surface area contributed by atoms with Crippen molar-refractivity contribution in [3.05, 3.63) is 64.7 Å². The zero-order valence-corrected chi connectivity index (χ0v) is 14.7. The van der Waals surface area contributed by atoms with Gasteiger partial charge in [0.25, 0.3) is 0 Å². The van der Waals surface area contributed by atoms with E-state index in [-0.39, 0.29) is 19.0 Å². The lowest BCUT2D eigenvalue weighted by molar-refractivity contribution is 0.100. The highest BCUT2D eigenvalue weighted by Gasteiger charge is 2.11. The number of methoxy groups -OCH3 is 1. The van der Waals surface area contributed by atoms with Gasteiger partial charge < -0.3 is 14.8 Å². The maximum atomic E-state index is 12.3. The van der Waals surface area contributed by atoms with Gasteiger partial charge >= 0.3 is 12.1 Å². The first-order chi connectivity index (χ1) is 12.5. The van der Waals surface area contributed by atoms with E-state index in [1.807, 2.05) is 5.32 Å². The Hall–Kier alpha value is -2.90. The molecule has 0 aromatic heterocycles. The molecule has 0 spiro atoms. The molecule has 0 fully saturated rings. The Labute approximate surface area is 155 Å². The predicted octanol–water partition coefficient (Wildman–Crippen LogP) is 3.48. The van der Waals surface area contributed by atoms with E-state index in [0.29, 0.717) is 21.8 Å². The van der Waals surface area contributed by atoms with Gasteiger partial charge in [-0.15, -0.1) is 0 Å². The molecule has 2 aromatic carbocycles. The maximum Gasteiger partial charge on any atom is 0.415 e. The van der Waals surface area contributed by atoms with E-state index in [4.69, 9.17) is 21.1 Å². The Morgan fingerprint density at radius 3 is 2.08 bits per heavy atom. The molecule has 2 N–H and O–H groups in total. The van der Waals surface area contributed by atoms with Gasteiger partial charge in [0, 0.05) is 28.9 Å². The summed E-state index contributed by atoms with van der Waals surface area (Å²) in [6.07, 6.45) is -0.880. The van der Waals surface area contributed by atoms with Crippen LogP contribution in [0.1, 0.15) is 15.9 Å². The second kappa shape index (κ2) is 9.55. The van der Waals surface area contributed by atoms with Crippen LogP contribution in [0.2, 0.25) is 5.02 Å². The molecule has 8 heteroatoms. The first kappa shape index (κ1) is 19.4. The van der Waals surface area contributed by atoms with Crippen LogP contribution in [0.25, 0.3) is 0 Å². The number of hydrogen-bond acceptors (Lipinski definition) is 5. The van der Waals surface area contributed by atoms with Crippen molar-refractivity contribution >= 4 is 35.2 Å². The molecule has 2 rings (SSSR count). The number of rotatable bonds is 6. The van der Waals surface area contributed by atoms with Crippen molar-refractivity contribution in [2.75, 3.05) is 25.6 Å². The van der Waals surface area contributed by atoms with E-state index in [0.717, 1.165) is 0 Å². The highest BCUT2D eigenvalue weighted by Crippen LogP contribution is 2.16. The number of halogens is 1. The van der Waals surface area contributed by atoms with E-state index in [9.17, 15) is 14.4 Å². The fourth-order valence-electron chi connectivity index (χ4n) is 1.98. The van der Waals surface area contributed by atoms with Gasteiger partial charge in [-0.25, -0.2) is 14.9 Å². The van der Waals surface area contributed by atoms with Crippen molar-refractivity contribution < 1.29 is 23.9 Å². The Morgan fingerprint density at radius 2 is 1.50 bits per heavy atom. The Kier molecular flexibility index (Phi) is 7.13. The van der Waals surface area contributed by atoms with Gasteiger partial charge in [0.15, 0.2) is 5.78 Å². The summed E-state index contributed by atoms with van der Waals surface area (Å²) < 4.78 is 9.43. The van der Waals surface area contributed by atoms with Crippen molar-refractivity contribution in [3.63, 3.8) is 0 Å². The average Bonchev–Trinajstić information content (AvgIpc) is 2.62. The van der Waals surface area contributed by atoms with Crippen molar-refractivity contribution in [1.29, 1.82) is 0 Å². The number of carbonyl (C=O) groups excluding carboxylic acids is 3. The third kappa shape index (κ3) is 5.87. The number of ether oxygens (including phenoxy) is 2. The second-order valence-corrected chi connectivity index (χ2v) is 5.56. The molecule has 136 valence electrons. The van der Waals surface area contributed by atoms with E-state index >= 15 is 0 Å². The summed E-state index contributed by atoms with van der Waals surface area (Å²) in [5, 5.41) is 5.02. The van der Waals surface area contributed by atoms with Gasteiger partial charge in [0.1, 0.15) is 6.61 Å². The molecular formula is C18H17ClN2O5. The van der Waals surface area contributed by atoms with Gasteiger partial charge in [-0.3, -0.25) is 4.79 Å². The molecule has 0 saturated heterocycles. The molecular weight excluding hydrogens is 360 g/mol. The fraction of sp³-hybridized carbons (Fsp3) is 0.167. The predicted molar refractivity (Wildman–Crippen MR) is 96.7 cm³/mol. The van der Waals surface area contributed by atoms with Crippen LogP contribution in [0.4, 0.5) is 15.3 Å². The van der Waals surface area contributed by atoms with Crippen molar-refractivity contribution in [2.45, 2.75) is 0 Å². The molecule has 3 amide bonds. The molecule has 0 bridgehead atoms. The molecule has 2 aromatic rings. The number of nitrogens with one attached hydrogen (secondary N) is 2. The monoisotopic (exact) mass is 376 g/mol. The van der Waals surface area contributed by atoms with E-state index in [1.54, 1.807) is 48.5 Å². The number of anilines is 1. The first-order valence-corrected chi connectivity index (χ1v) is 8.01. The number of imide groups is 1. The molecule has 0 aliphatic heterocycles. The Bertz CT molecular complexity index is 775. The highest BCUT2D eigenvalue weighted by molar-refractivity contribution is 6.30. The van der Waals surface area contributed by atoms with Gasteiger partial charge in [0.05, 0.1) is 6.61 Å². The van der Waals surface area contributed by atoms with Gasteiger partial charge in [-0.2, -0.15) is 0 Å². The van der Waals surface area contributed by atoms with E-state index < -0.39 is 12.1 Å². The van der Waals surface area contributed by atoms with E-state index in [1.165, 1.54) is 7.11 Å². The van der Waals surface area contributed by atoms with Crippen molar-refractivity contribution in [3.8, 4) is 0 Å². The fourth-order valence-corrected chi connectivity index (χ4v) is 2.11. The lowest BCUT2D eigenvalue weighted by atomic mass is 10.0. The summed E-state index contributed by atoms with van der Waals surface area (Å²) in [4.78, 5) is 35.4. The van der Waals surface area contributed by atoms with Gasteiger partial charge in [-0.1, -0.05) is 11.6 Å². The lowest BCUT2D eigenvalue weighted by Crippen LogP contribution is -2.35. The number of urea groups is 1. The van der Waals surface area contributed by atoms with Crippen LogP contribution < -0.4 is 10.6 Å². The third-order valence-electron chi connectivity index (χ3n) is 3.25. The van der Waals surface area contributed by atoms with E-state index in [2.05, 4.69) is 5.32 Å². The minimum Gasteiger partial charge on any atom is -0.447 e. The van der Waals surface area contributed by atoms with Gasteiger partial charge in [-0.05, 0) is 48.5 Å². The zero-order valence-electron chi connectivity index (χ0n) is 14.0.